The predicted molar refractivity (Wildman–Crippen MR) is 65.7 cm³/mol. The molecule has 0 aromatic heterocycles. The van der Waals surface area contributed by atoms with E-state index in [1.165, 1.54) is 0 Å². The molecule has 1 atom stereocenters. The molecule has 1 aromatic carbocycles. The molecule has 1 aromatic rings. The van der Waals surface area contributed by atoms with Gasteiger partial charge in [0.25, 0.3) is 0 Å². The van der Waals surface area contributed by atoms with Gasteiger partial charge in [0.2, 0.25) is 0 Å². The molecule has 86 valence electrons. The van der Waals surface area contributed by atoms with Gasteiger partial charge in [0, 0.05) is 16.7 Å². The van der Waals surface area contributed by atoms with Crippen LogP contribution in [-0.2, 0) is 4.74 Å². The molecule has 16 heavy (non-hydrogen) atoms. The van der Waals surface area contributed by atoms with Crippen molar-refractivity contribution >= 4 is 27.7 Å². The minimum absolute atomic E-state index is 0.0684. The van der Waals surface area contributed by atoms with Crippen molar-refractivity contribution in [3.63, 3.8) is 0 Å². The molecule has 2 rings (SSSR count). The number of anilines is 1. The van der Waals surface area contributed by atoms with Crippen molar-refractivity contribution in [1.29, 1.82) is 0 Å². The third-order valence-corrected chi connectivity index (χ3v) is 2.97. The molecule has 0 aliphatic carbocycles. The summed E-state index contributed by atoms with van der Waals surface area (Å²) >= 11 is 3.36. The summed E-state index contributed by atoms with van der Waals surface area (Å²) in [5.41, 5.74) is 0.867. The molecule has 1 saturated heterocycles. The molecule has 1 aliphatic rings. The second-order valence-electron chi connectivity index (χ2n) is 3.65. The van der Waals surface area contributed by atoms with Crippen LogP contribution in [0.25, 0.3) is 0 Å². The van der Waals surface area contributed by atoms with E-state index in [0.717, 1.165) is 10.2 Å². The predicted octanol–water partition coefficient (Wildman–Crippen LogP) is 1.99. The van der Waals surface area contributed by atoms with Crippen molar-refractivity contribution in [3.05, 3.63) is 28.7 Å². The molecule has 0 radical (unpaired) electrons. The summed E-state index contributed by atoms with van der Waals surface area (Å²) in [5, 5.41) is 3.00. The average Bonchev–Trinajstić information content (AvgIpc) is 2.61. The Morgan fingerprint density at radius 3 is 2.81 bits per heavy atom. The number of halogens is 1. The minimum atomic E-state index is -0.275. The largest absolute Gasteiger partial charge is 0.443 e. The first kappa shape index (κ1) is 11.4. The number of amides is 1. The van der Waals surface area contributed by atoms with E-state index in [1.807, 2.05) is 31.3 Å². The maximum absolute atomic E-state index is 11.6. The maximum Gasteiger partial charge on any atom is 0.414 e. The van der Waals surface area contributed by atoms with Crippen LogP contribution in [0.2, 0.25) is 0 Å². The average molecular weight is 285 g/mol. The van der Waals surface area contributed by atoms with E-state index in [4.69, 9.17) is 4.74 Å². The Morgan fingerprint density at radius 1 is 1.50 bits per heavy atom. The van der Waals surface area contributed by atoms with Gasteiger partial charge in [-0.25, -0.2) is 4.79 Å². The topological polar surface area (TPSA) is 41.6 Å². The first-order chi connectivity index (χ1) is 7.70. The quantitative estimate of drug-likeness (QED) is 0.923. The lowest BCUT2D eigenvalue weighted by molar-refractivity contribution is 0.141. The lowest BCUT2D eigenvalue weighted by atomic mass is 10.3. The zero-order valence-electron chi connectivity index (χ0n) is 8.94. The maximum atomic E-state index is 11.6. The van der Waals surface area contributed by atoms with Crippen LogP contribution in [0.5, 0.6) is 0 Å². The van der Waals surface area contributed by atoms with Crippen LogP contribution in [0.3, 0.4) is 0 Å². The molecule has 1 amide bonds. The Kier molecular flexibility index (Phi) is 3.46. The first-order valence-electron chi connectivity index (χ1n) is 5.09. The number of nitrogens with zero attached hydrogens (tertiary/aromatic N) is 1. The zero-order chi connectivity index (χ0) is 11.5. The van der Waals surface area contributed by atoms with Gasteiger partial charge in [0.1, 0.15) is 6.10 Å². The van der Waals surface area contributed by atoms with Gasteiger partial charge in [-0.2, -0.15) is 0 Å². The monoisotopic (exact) mass is 284 g/mol. The van der Waals surface area contributed by atoms with Gasteiger partial charge in [-0.1, -0.05) is 15.9 Å². The number of benzene rings is 1. The molecule has 0 spiro atoms. The standard InChI is InChI=1S/C11H13BrN2O2/c1-13-6-10-7-14(11(15)16-10)9-4-2-8(12)3-5-9/h2-5,10,13H,6-7H2,1H3. The molecule has 0 bridgehead atoms. The number of carbonyl (C=O) groups excluding carboxylic acids is 1. The number of carbonyl (C=O) groups is 1. The molecule has 5 heteroatoms. The zero-order valence-corrected chi connectivity index (χ0v) is 10.5. The molecular weight excluding hydrogens is 272 g/mol. The number of ether oxygens (including phenoxy) is 1. The highest BCUT2D eigenvalue weighted by molar-refractivity contribution is 9.10. The highest BCUT2D eigenvalue weighted by Crippen LogP contribution is 2.23. The highest BCUT2D eigenvalue weighted by atomic mass is 79.9. The number of cyclic esters (lactones) is 1. The van der Waals surface area contributed by atoms with Crippen molar-refractivity contribution in [2.45, 2.75) is 6.10 Å². The Hall–Kier alpha value is -1.07. The van der Waals surface area contributed by atoms with Crippen molar-refractivity contribution < 1.29 is 9.53 Å². The van der Waals surface area contributed by atoms with Crippen molar-refractivity contribution in [2.24, 2.45) is 0 Å². The summed E-state index contributed by atoms with van der Waals surface area (Å²) in [6, 6.07) is 7.61. The van der Waals surface area contributed by atoms with Gasteiger partial charge in [-0.05, 0) is 31.3 Å². The second kappa shape index (κ2) is 4.84. The normalized spacial score (nSPS) is 20.0. The smallest absolute Gasteiger partial charge is 0.414 e. The number of likely N-dealkylation sites (N-methyl/N-ethyl adjacent to an activating group) is 1. The Labute approximate surface area is 103 Å². The van der Waals surface area contributed by atoms with Crippen molar-refractivity contribution in [3.8, 4) is 0 Å². The fourth-order valence-electron chi connectivity index (χ4n) is 1.69. The fraction of sp³-hybridized carbons (Fsp3) is 0.364. The Morgan fingerprint density at radius 2 is 2.19 bits per heavy atom. The second-order valence-corrected chi connectivity index (χ2v) is 4.57. The van der Waals surface area contributed by atoms with Crippen LogP contribution in [0.4, 0.5) is 10.5 Å². The number of hydrogen-bond donors (Lipinski definition) is 1. The van der Waals surface area contributed by atoms with E-state index in [2.05, 4.69) is 21.2 Å². The Balaban J connectivity index is 2.10. The van der Waals surface area contributed by atoms with E-state index in [9.17, 15) is 4.79 Å². The minimum Gasteiger partial charge on any atom is -0.443 e. The van der Waals surface area contributed by atoms with Crippen LogP contribution in [0.1, 0.15) is 0 Å². The summed E-state index contributed by atoms with van der Waals surface area (Å²) < 4.78 is 6.21. The fourth-order valence-corrected chi connectivity index (χ4v) is 1.95. The van der Waals surface area contributed by atoms with E-state index < -0.39 is 0 Å². The molecule has 1 unspecified atom stereocenters. The molecule has 1 heterocycles. The van der Waals surface area contributed by atoms with Gasteiger partial charge in [-0.15, -0.1) is 0 Å². The third-order valence-electron chi connectivity index (χ3n) is 2.44. The van der Waals surface area contributed by atoms with Gasteiger partial charge in [0.05, 0.1) is 6.54 Å². The van der Waals surface area contributed by atoms with Gasteiger partial charge in [-0.3, -0.25) is 4.90 Å². The molecule has 1 aliphatic heterocycles. The number of hydrogen-bond acceptors (Lipinski definition) is 3. The first-order valence-corrected chi connectivity index (χ1v) is 5.88. The highest BCUT2D eigenvalue weighted by Gasteiger charge is 2.31. The summed E-state index contributed by atoms with van der Waals surface area (Å²) in [6.07, 6.45) is -0.344. The van der Waals surface area contributed by atoms with E-state index >= 15 is 0 Å². The van der Waals surface area contributed by atoms with E-state index in [1.54, 1.807) is 4.90 Å². The van der Waals surface area contributed by atoms with Gasteiger partial charge in [0.15, 0.2) is 0 Å². The Bertz CT molecular complexity index is 380. The van der Waals surface area contributed by atoms with Crippen LogP contribution in [0.15, 0.2) is 28.7 Å². The SMILES string of the molecule is CNCC1CN(c2ccc(Br)cc2)C(=O)O1. The molecule has 1 N–H and O–H groups in total. The summed E-state index contributed by atoms with van der Waals surface area (Å²) in [4.78, 5) is 13.3. The van der Waals surface area contributed by atoms with Crippen molar-refractivity contribution in [2.75, 3.05) is 25.0 Å². The molecule has 0 saturated carbocycles. The van der Waals surface area contributed by atoms with E-state index in [0.29, 0.717) is 13.1 Å². The number of rotatable bonds is 3. The summed E-state index contributed by atoms with van der Waals surface area (Å²) in [5.74, 6) is 0. The molecular formula is C11H13BrN2O2. The number of nitrogens with one attached hydrogen (secondary N) is 1. The summed E-state index contributed by atoms with van der Waals surface area (Å²) in [6.45, 7) is 1.28. The van der Waals surface area contributed by atoms with Crippen molar-refractivity contribution in [1.82, 2.24) is 5.32 Å². The lowest BCUT2D eigenvalue weighted by Gasteiger charge is -2.12. The van der Waals surface area contributed by atoms with Crippen LogP contribution < -0.4 is 10.2 Å². The van der Waals surface area contributed by atoms with E-state index in [-0.39, 0.29) is 12.2 Å². The van der Waals surface area contributed by atoms with Crippen LogP contribution in [-0.4, -0.2) is 32.3 Å². The van der Waals surface area contributed by atoms with Gasteiger partial charge >= 0.3 is 6.09 Å². The lowest BCUT2D eigenvalue weighted by Crippen LogP contribution is -2.28. The summed E-state index contributed by atoms with van der Waals surface area (Å²) in [7, 11) is 1.84. The van der Waals surface area contributed by atoms with Crippen LogP contribution >= 0.6 is 15.9 Å². The molecule has 4 nitrogen and oxygen atoms in total. The molecule has 1 fully saturated rings. The van der Waals surface area contributed by atoms with Gasteiger partial charge < -0.3 is 10.1 Å². The van der Waals surface area contributed by atoms with Crippen LogP contribution in [0, 0.1) is 0 Å². The third kappa shape index (κ3) is 2.36.